The number of H-pyrrole nitrogens is 1. The number of aryl methyl sites for hydroxylation is 1. The van der Waals surface area contributed by atoms with Crippen molar-refractivity contribution < 1.29 is 27.9 Å². The van der Waals surface area contributed by atoms with Gasteiger partial charge in [-0.05, 0) is 37.1 Å². The molecule has 11 heteroatoms. The second-order valence-corrected chi connectivity index (χ2v) is 7.48. The Morgan fingerprint density at radius 2 is 1.87 bits per heavy atom. The van der Waals surface area contributed by atoms with E-state index >= 15 is 0 Å². The van der Waals surface area contributed by atoms with Crippen molar-refractivity contribution in [2.75, 3.05) is 0 Å². The molecule has 31 heavy (non-hydrogen) atoms. The topological polar surface area (TPSA) is 126 Å². The molecule has 3 rings (SSSR count). The lowest BCUT2D eigenvalue weighted by molar-refractivity contribution is -0.201. The molecule has 7 nitrogen and oxygen atoms in total. The van der Waals surface area contributed by atoms with Crippen LogP contribution in [0.2, 0.25) is 5.02 Å². The molecule has 0 aliphatic rings. The third-order valence-electron chi connectivity index (χ3n) is 5.11. The van der Waals surface area contributed by atoms with Crippen LogP contribution in [0.15, 0.2) is 35.3 Å². The quantitative estimate of drug-likeness (QED) is 0.557. The zero-order valence-electron chi connectivity index (χ0n) is 16.1. The Morgan fingerprint density at radius 1 is 1.23 bits per heavy atom. The number of aromatic amines is 1. The van der Waals surface area contributed by atoms with Gasteiger partial charge in [0.2, 0.25) is 0 Å². The number of hydrogen-bond donors (Lipinski definition) is 3. The second-order valence-electron chi connectivity index (χ2n) is 7.07. The lowest BCUT2D eigenvalue weighted by Gasteiger charge is -2.29. The molecule has 0 spiro atoms. The molecule has 162 valence electrons. The minimum absolute atomic E-state index is 0.0327. The van der Waals surface area contributed by atoms with Crippen LogP contribution >= 0.6 is 11.6 Å². The van der Waals surface area contributed by atoms with E-state index in [0.29, 0.717) is 6.92 Å². The number of aliphatic carboxylic acids is 1. The highest BCUT2D eigenvalue weighted by molar-refractivity contribution is 6.32. The van der Waals surface area contributed by atoms with Gasteiger partial charge < -0.3 is 15.8 Å². The molecule has 2 heterocycles. The highest BCUT2D eigenvalue weighted by atomic mass is 35.5. The number of pyridine rings is 2. The number of carboxylic acids is 1. The van der Waals surface area contributed by atoms with Gasteiger partial charge in [0.25, 0.3) is 5.91 Å². The Bertz CT molecular complexity index is 1300. The van der Waals surface area contributed by atoms with Gasteiger partial charge in [0.1, 0.15) is 5.69 Å². The van der Waals surface area contributed by atoms with E-state index < -0.39 is 39.5 Å². The maximum absolute atomic E-state index is 13.6. The summed E-state index contributed by atoms with van der Waals surface area (Å²) in [6.45, 7) is 1.99. The summed E-state index contributed by atoms with van der Waals surface area (Å²) < 4.78 is 40.7. The molecule has 1 amide bonds. The molecule has 3 aromatic rings. The first-order chi connectivity index (χ1) is 14.3. The van der Waals surface area contributed by atoms with Crippen molar-refractivity contribution in [3.63, 3.8) is 0 Å². The zero-order valence-corrected chi connectivity index (χ0v) is 16.9. The van der Waals surface area contributed by atoms with Crippen LogP contribution in [0.3, 0.4) is 0 Å². The largest absolute Gasteiger partial charge is 0.480 e. The lowest BCUT2D eigenvalue weighted by atomic mass is 9.80. The van der Waals surface area contributed by atoms with Crippen LogP contribution in [-0.2, 0) is 10.2 Å². The number of benzene rings is 1. The summed E-state index contributed by atoms with van der Waals surface area (Å²) in [5.41, 5.74) is 1.54. The first kappa shape index (κ1) is 22.3. The summed E-state index contributed by atoms with van der Waals surface area (Å²) in [7, 11) is 0. The number of primary amides is 1. The molecule has 1 atom stereocenters. The predicted molar refractivity (Wildman–Crippen MR) is 107 cm³/mol. The number of halogens is 4. The van der Waals surface area contributed by atoms with E-state index in [2.05, 4.69) is 9.97 Å². The van der Waals surface area contributed by atoms with Gasteiger partial charge in [-0.2, -0.15) is 13.2 Å². The summed E-state index contributed by atoms with van der Waals surface area (Å²) >= 11 is 6.08. The van der Waals surface area contributed by atoms with E-state index in [1.54, 1.807) is 0 Å². The predicted octanol–water partition coefficient (Wildman–Crippen LogP) is 3.56. The van der Waals surface area contributed by atoms with Crippen LogP contribution < -0.4 is 11.2 Å². The smallest absolute Gasteiger partial charge is 0.408 e. The van der Waals surface area contributed by atoms with Gasteiger partial charge in [-0.15, -0.1) is 0 Å². The second kappa shape index (κ2) is 7.38. The van der Waals surface area contributed by atoms with Crippen LogP contribution in [0.5, 0.6) is 0 Å². The molecule has 0 aliphatic heterocycles. The summed E-state index contributed by atoms with van der Waals surface area (Å²) in [4.78, 5) is 42.4. The van der Waals surface area contributed by atoms with Crippen molar-refractivity contribution in [3.8, 4) is 11.3 Å². The fraction of sp³-hybridized carbons (Fsp3) is 0.200. The molecule has 2 aromatic heterocycles. The van der Waals surface area contributed by atoms with Crippen LogP contribution in [0.1, 0.15) is 28.5 Å². The number of aromatic nitrogens is 2. The maximum Gasteiger partial charge on any atom is 0.408 e. The van der Waals surface area contributed by atoms with E-state index in [1.807, 2.05) is 0 Å². The number of carbonyl (C=O) groups is 2. The van der Waals surface area contributed by atoms with E-state index in [-0.39, 0.29) is 33.4 Å². The van der Waals surface area contributed by atoms with Gasteiger partial charge in [0.15, 0.2) is 10.8 Å². The fourth-order valence-electron chi connectivity index (χ4n) is 3.28. The first-order valence-electron chi connectivity index (χ1n) is 8.72. The molecular formula is C20H15ClF3N3O4. The van der Waals surface area contributed by atoms with E-state index in [1.165, 1.54) is 19.2 Å². The third kappa shape index (κ3) is 3.52. The Morgan fingerprint density at radius 3 is 2.42 bits per heavy atom. The molecule has 0 radical (unpaired) electrons. The lowest BCUT2D eigenvalue weighted by Crippen LogP contribution is -2.46. The normalized spacial score (nSPS) is 13.7. The molecular weight excluding hydrogens is 439 g/mol. The molecule has 4 N–H and O–H groups in total. The molecule has 0 bridgehead atoms. The van der Waals surface area contributed by atoms with Crippen molar-refractivity contribution >= 4 is 34.4 Å². The van der Waals surface area contributed by atoms with E-state index in [0.717, 1.165) is 18.2 Å². The summed E-state index contributed by atoms with van der Waals surface area (Å²) in [5.74, 6) is -2.99. The zero-order chi connectivity index (χ0) is 23.3. The highest BCUT2D eigenvalue weighted by Gasteiger charge is 2.59. The number of nitrogens with zero attached hydrogens (tertiary/aromatic N) is 1. The van der Waals surface area contributed by atoms with Crippen LogP contribution in [0.4, 0.5) is 13.2 Å². The Balaban J connectivity index is 2.26. The Kier molecular flexibility index (Phi) is 5.31. The number of nitrogens with one attached hydrogen (secondary N) is 1. The number of carboxylic acid groups (broad SMARTS) is 1. The van der Waals surface area contributed by atoms with Gasteiger partial charge in [0.05, 0.1) is 16.6 Å². The minimum Gasteiger partial charge on any atom is -0.480 e. The molecule has 0 saturated heterocycles. The minimum atomic E-state index is -5.11. The number of carbonyl (C=O) groups excluding carboxylic acids is 1. The summed E-state index contributed by atoms with van der Waals surface area (Å²) in [6.07, 6.45) is -3.83. The summed E-state index contributed by atoms with van der Waals surface area (Å²) in [5, 5.41) is 8.81. The first-order valence-corrected chi connectivity index (χ1v) is 9.09. The average Bonchev–Trinajstić information content (AvgIpc) is 2.67. The van der Waals surface area contributed by atoms with Gasteiger partial charge in [-0.25, -0.2) is 0 Å². The number of alkyl halides is 3. The molecule has 0 aliphatic carbocycles. The molecule has 0 fully saturated rings. The highest BCUT2D eigenvalue weighted by Crippen LogP contribution is 2.45. The van der Waals surface area contributed by atoms with Crippen molar-refractivity contribution in [1.29, 1.82) is 0 Å². The number of rotatable bonds is 4. The average molecular weight is 454 g/mol. The molecule has 1 aromatic carbocycles. The van der Waals surface area contributed by atoms with Crippen molar-refractivity contribution in [1.82, 2.24) is 9.97 Å². The van der Waals surface area contributed by atoms with E-state index in [4.69, 9.17) is 17.3 Å². The number of hydrogen-bond acceptors (Lipinski definition) is 4. The number of nitrogens with two attached hydrogens (primary N) is 1. The fourth-order valence-corrected chi connectivity index (χ4v) is 3.63. The standard InChI is InChI=1S/C20H15ClF3N3O4/c1-8-5-10(19(2,18(30)31)20(22,23)24)11(21)6-9(8)13-7-14(28)15-12(27-13)3-4-26-16(15)17(25)29/h3-7H,1-2H3,(H2,25,29)(H,27,28)(H,30,31)/t19-/m0/s1. The maximum atomic E-state index is 13.6. The van der Waals surface area contributed by atoms with Crippen molar-refractivity contribution in [2.45, 2.75) is 25.4 Å². The SMILES string of the molecule is Cc1cc([C@@](C)(C(=O)O)C(F)(F)F)c(Cl)cc1-c1cc(=O)c2c(C(N)=O)nccc2[nH]1. The number of amides is 1. The summed E-state index contributed by atoms with van der Waals surface area (Å²) in [6, 6.07) is 4.76. The van der Waals surface area contributed by atoms with Crippen molar-refractivity contribution in [3.05, 3.63) is 62.5 Å². The van der Waals surface area contributed by atoms with Gasteiger partial charge in [-0.3, -0.25) is 19.4 Å². The van der Waals surface area contributed by atoms with Gasteiger partial charge in [0, 0.05) is 22.8 Å². The Labute approximate surface area is 177 Å². The van der Waals surface area contributed by atoms with Crippen LogP contribution in [0, 0.1) is 6.92 Å². The van der Waals surface area contributed by atoms with Gasteiger partial charge >= 0.3 is 12.1 Å². The van der Waals surface area contributed by atoms with E-state index in [9.17, 15) is 32.7 Å². The third-order valence-corrected chi connectivity index (χ3v) is 5.43. The Hall–Kier alpha value is -3.40. The monoisotopic (exact) mass is 453 g/mol. The van der Waals surface area contributed by atoms with Crippen LogP contribution in [-0.4, -0.2) is 33.1 Å². The van der Waals surface area contributed by atoms with Crippen LogP contribution in [0.25, 0.3) is 22.2 Å². The molecule has 0 saturated carbocycles. The number of fused-ring (bicyclic) bond motifs is 1. The van der Waals surface area contributed by atoms with Gasteiger partial charge in [-0.1, -0.05) is 17.7 Å². The van der Waals surface area contributed by atoms with Crippen molar-refractivity contribution in [2.24, 2.45) is 5.73 Å². The molecule has 0 unspecified atom stereocenters.